The quantitative estimate of drug-likeness (QED) is 0.694. The van der Waals surface area contributed by atoms with E-state index in [4.69, 9.17) is 0 Å². The molecule has 0 aliphatic rings. The minimum Gasteiger partial charge on any atom is -0.359 e. The average molecular weight is 167 g/mol. The van der Waals surface area contributed by atoms with E-state index in [0.29, 0.717) is 0 Å². The molecule has 0 saturated carbocycles. The van der Waals surface area contributed by atoms with Crippen LogP contribution in [-0.4, -0.2) is 23.2 Å². The van der Waals surface area contributed by atoms with Crippen molar-refractivity contribution in [2.45, 2.75) is 19.3 Å². The van der Waals surface area contributed by atoms with E-state index < -0.39 is 0 Å². The number of likely N-dealkylation sites (N-methyl/N-ethyl adjacent to an activating group) is 1. The van der Waals surface area contributed by atoms with Gasteiger partial charge in [-0.25, -0.2) is 0 Å². The normalized spacial score (nSPS) is 12.5. The van der Waals surface area contributed by atoms with E-state index in [-0.39, 0.29) is 11.8 Å². The van der Waals surface area contributed by atoms with Crippen LogP contribution in [0, 0.1) is 0 Å². The predicted molar refractivity (Wildman–Crippen MR) is 45.7 cm³/mol. The first kappa shape index (κ1) is 8.77. The molecule has 0 aromatic carbocycles. The number of carbonyl (C=O) groups excluding carboxylic acids is 1. The first-order chi connectivity index (χ1) is 5.79. The molecule has 0 bridgehead atoms. The van der Waals surface area contributed by atoms with Crippen LogP contribution in [0.15, 0.2) is 12.3 Å². The molecule has 1 amide bonds. The molecule has 0 radical (unpaired) electrons. The molecule has 1 heterocycles. The Bertz CT molecular complexity index is 243. The second-order valence-electron chi connectivity index (χ2n) is 2.59. The molecule has 12 heavy (non-hydrogen) atoms. The lowest BCUT2D eigenvalue weighted by molar-refractivity contribution is -0.122. The number of carbonyl (C=O) groups is 1. The molecule has 0 spiro atoms. The van der Waals surface area contributed by atoms with Crippen molar-refractivity contribution in [3.63, 3.8) is 0 Å². The van der Waals surface area contributed by atoms with E-state index >= 15 is 0 Å². The molecule has 0 aliphatic heterocycles. The maximum absolute atomic E-state index is 11.3. The Morgan fingerprint density at radius 2 is 2.58 bits per heavy atom. The van der Waals surface area contributed by atoms with E-state index in [0.717, 1.165) is 12.1 Å². The van der Waals surface area contributed by atoms with Crippen molar-refractivity contribution in [2.24, 2.45) is 0 Å². The van der Waals surface area contributed by atoms with Gasteiger partial charge in [-0.2, -0.15) is 5.10 Å². The highest BCUT2D eigenvalue weighted by molar-refractivity contribution is 5.82. The van der Waals surface area contributed by atoms with Crippen molar-refractivity contribution in [1.29, 1.82) is 0 Å². The van der Waals surface area contributed by atoms with Crippen LogP contribution in [0.5, 0.6) is 0 Å². The number of amides is 1. The Kier molecular flexibility index (Phi) is 2.85. The number of hydrogen-bond donors (Lipinski definition) is 2. The van der Waals surface area contributed by atoms with E-state index in [1.54, 1.807) is 13.2 Å². The summed E-state index contributed by atoms with van der Waals surface area (Å²) >= 11 is 0. The summed E-state index contributed by atoms with van der Waals surface area (Å²) in [6.45, 7) is 1.97. The molecule has 4 heteroatoms. The number of H-pyrrole nitrogens is 1. The Hall–Kier alpha value is -1.32. The van der Waals surface area contributed by atoms with Gasteiger partial charge in [0.15, 0.2) is 0 Å². The molecule has 2 N–H and O–H groups in total. The van der Waals surface area contributed by atoms with Gasteiger partial charge >= 0.3 is 0 Å². The summed E-state index contributed by atoms with van der Waals surface area (Å²) in [7, 11) is 1.64. The lowest BCUT2D eigenvalue weighted by Gasteiger charge is -2.09. The van der Waals surface area contributed by atoms with Gasteiger partial charge in [0.05, 0.1) is 5.92 Å². The maximum Gasteiger partial charge on any atom is 0.228 e. The third kappa shape index (κ3) is 1.64. The highest BCUT2D eigenvalue weighted by atomic mass is 16.1. The van der Waals surface area contributed by atoms with Crippen molar-refractivity contribution in [3.05, 3.63) is 18.0 Å². The zero-order chi connectivity index (χ0) is 8.97. The summed E-state index contributed by atoms with van der Waals surface area (Å²) in [5.41, 5.74) is 0.872. The Balaban J connectivity index is 2.76. The average Bonchev–Trinajstić information content (AvgIpc) is 2.58. The van der Waals surface area contributed by atoms with Crippen molar-refractivity contribution >= 4 is 5.91 Å². The fourth-order valence-corrected chi connectivity index (χ4v) is 1.18. The molecule has 1 aromatic rings. The summed E-state index contributed by atoms with van der Waals surface area (Å²) in [6.07, 6.45) is 2.43. The van der Waals surface area contributed by atoms with Gasteiger partial charge in [0, 0.05) is 18.9 Å². The number of nitrogens with zero attached hydrogens (tertiary/aromatic N) is 1. The third-order valence-corrected chi connectivity index (χ3v) is 1.87. The molecule has 1 rings (SSSR count). The van der Waals surface area contributed by atoms with E-state index in [1.807, 2.05) is 13.0 Å². The largest absolute Gasteiger partial charge is 0.359 e. The highest BCUT2D eigenvalue weighted by Gasteiger charge is 2.17. The first-order valence-electron chi connectivity index (χ1n) is 4.00. The lowest BCUT2D eigenvalue weighted by atomic mass is 10.0. The molecule has 1 aromatic heterocycles. The standard InChI is InChI=1S/C8H13N3O/c1-3-6(8(12)9-2)7-4-5-10-11-7/h4-6H,3H2,1-2H3,(H,9,12)(H,10,11). The third-order valence-electron chi connectivity index (χ3n) is 1.87. The fraction of sp³-hybridized carbons (Fsp3) is 0.500. The number of hydrogen-bond acceptors (Lipinski definition) is 2. The molecule has 66 valence electrons. The highest BCUT2D eigenvalue weighted by Crippen LogP contribution is 2.15. The van der Waals surface area contributed by atoms with E-state index in [2.05, 4.69) is 15.5 Å². The van der Waals surface area contributed by atoms with Gasteiger partial charge in [0.1, 0.15) is 0 Å². The Labute approximate surface area is 71.4 Å². The van der Waals surface area contributed by atoms with Gasteiger partial charge in [0.2, 0.25) is 5.91 Å². The van der Waals surface area contributed by atoms with Gasteiger partial charge in [-0.3, -0.25) is 9.89 Å². The van der Waals surface area contributed by atoms with Crippen LogP contribution in [0.1, 0.15) is 25.0 Å². The van der Waals surface area contributed by atoms with Gasteiger partial charge in [0.25, 0.3) is 0 Å². The van der Waals surface area contributed by atoms with Crippen LogP contribution in [0.2, 0.25) is 0 Å². The van der Waals surface area contributed by atoms with Crippen molar-refractivity contribution in [2.75, 3.05) is 7.05 Å². The second kappa shape index (κ2) is 3.90. The van der Waals surface area contributed by atoms with Gasteiger partial charge < -0.3 is 5.32 Å². The van der Waals surface area contributed by atoms with Crippen LogP contribution < -0.4 is 5.32 Å². The van der Waals surface area contributed by atoms with Crippen molar-refractivity contribution in [1.82, 2.24) is 15.5 Å². The Morgan fingerprint density at radius 3 is 3.00 bits per heavy atom. The zero-order valence-electron chi connectivity index (χ0n) is 7.29. The molecule has 0 aliphatic carbocycles. The van der Waals surface area contributed by atoms with Crippen molar-refractivity contribution in [3.8, 4) is 0 Å². The molecule has 0 fully saturated rings. The van der Waals surface area contributed by atoms with Crippen LogP contribution in [0.25, 0.3) is 0 Å². The van der Waals surface area contributed by atoms with Crippen LogP contribution in [0.4, 0.5) is 0 Å². The van der Waals surface area contributed by atoms with Gasteiger partial charge in [-0.1, -0.05) is 6.92 Å². The molecule has 4 nitrogen and oxygen atoms in total. The van der Waals surface area contributed by atoms with Gasteiger partial charge in [-0.15, -0.1) is 0 Å². The maximum atomic E-state index is 11.3. The van der Waals surface area contributed by atoms with Crippen LogP contribution in [-0.2, 0) is 4.79 Å². The van der Waals surface area contributed by atoms with Crippen molar-refractivity contribution < 1.29 is 4.79 Å². The van der Waals surface area contributed by atoms with Crippen LogP contribution >= 0.6 is 0 Å². The summed E-state index contributed by atoms with van der Waals surface area (Å²) in [6, 6.07) is 1.82. The zero-order valence-corrected chi connectivity index (χ0v) is 7.29. The minimum atomic E-state index is -0.0995. The SMILES string of the molecule is CCC(C(=O)NC)c1ccn[nH]1. The molecule has 1 unspecified atom stereocenters. The molecular formula is C8H13N3O. The summed E-state index contributed by atoms with van der Waals surface area (Å²) in [4.78, 5) is 11.3. The summed E-state index contributed by atoms with van der Waals surface area (Å²) in [5, 5.41) is 9.21. The lowest BCUT2D eigenvalue weighted by Crippen LogP contribution is -2.25. The first-order valence-corrected chi connectivity index (χ1v) is 4.00. The number of aromatic nitrogens is 2. The number of rotatable bonds is 3. The second-order valence-corrected chi connectivity index (χ2v) is 2.59. The molecule has 1 atom stereocenters. The molecular weight excluding hydrogens is 154 g/mol. The van der Waals surface area contributed by atoms with Gasteiger partial charge in [-0.05, 0) is 12.5 Å². The summed E-state index contributed by atoms with van der Waals surface area (Å²) < 4.78 is 0. The van der Waals surface area contributed by atoms with Crippen LogP contribution in [0.3, 0.4) is 0 Å². The monoisotopic (exact) mass is 167 g/mol. The smallest absolute Gasteiger partial charge is 0.228 e. The topological polar surface area (TPSA) is 57.8 Å². The minimum absolute atomic E-state index is 0.0294. The fourth-order valence-electron chi connectivity index (χ4n) is 1.18. The van der Waals surface area contributed by atoms with E-state index in [9.17, 15) is 4.79 Å². The predicted octanol–water partition coefficient (Wildman–Crippen LogP) is 0.649. The number of nitrogens with one attached hydrogen (secondary N) is 2. The van der Waals surface area contributed by atoms with E-state index in [1.165, 1.54) is 0 Å². The number of aromatic amines is 1. The molecule has 0 saturated heterocycles. The Morgan fingerprint density at radius 1 is 1.83 bits per heavy atom. The summed E-state index contributed by atoms with van der Waals surface area (Å²) in [5.74, 6) is -0.0701.